The molecule has 0 spiro atoms. The number of amides is 3. The summed E-state index contributed by atoms with van der Waals surface area (Å²) in [4.78, 5) is 50.9. The Morgan fingerprint density at radius 3 is 2.41 bits per heavy atom. The van der Waals surface area contributed by atoms with Crippen molar-refractivity contribution < 1.29 is 29.4 Å². The van der Waals surface area contributed by atoms with Crippen LogP contribution in [0.2, 0.25) is 0 Å². The second-order valence-corrected chi connectivity index (χ2v) is 7.48. The van der Waals surface area contributed by atoms with Gasteiger partial charge < -0.3 is 25.3 Å². The van der Waals surface area contributed by atoms with E-state index in [1.54, 1.807) is 30.3 Å². The van der Waals surface area contributed by atoms with E-state index in [1.807, 2.05) is 17.5 Å². The van der Waals surface area contributed by atoms with Gasteiger partial charge in [0.1, 0.15) is 0 Å². The largest absolute Gasteiger partial charge is 0.480 e. The minimum Gasteiger partial charge on any atom is -0.480 e. The number of aliphatic carboxylic acids is 2. The maximum absolute atomic E-state index is 13.0. The van der Waals surface area contributed by atoms with Gasteiger partial charge in [-0.15, -0.1) is 11.3 Å². The van der Waals surface area contributed by atoms with Crippen molar-refractivity contribution in [1.29, 1.82) is 0 Å². The molecule has 2 atom stereocenters. The highest BCUT2D eigenvalue weighted by Gasteiger charge is 2.47. The summed E-state index contributed by atoms with van der Waals surface area (Å²) in [7, 11) is 0. The Kier molecular flexibility index (Phi) is 6.13. The molecule has 1 aromatic heterocycles. The molecule has 0 saturated carbocycles. The monoisotopic (exact) mass is 417 g/mol. The van der Waals surface area contributed by atoms with Crippen molar-refractivity contribution in [3.05, 3.63) is 52.7 Å². The summed E-state index contributed by atoms with van der Waals surface area (Å²) < 4.78 is 0. The lowest BCUT2D eigenvalue weighted by atomic mass is 10.1. The minimum absolute atomic E-state index is 0.0632. The number of rotatable bonds is 5. The number of carbonyl (C=O) groups is 4. The van der Waals surface area contributed by atoms with Gasteiger partial charge in [-0.3, -0.25) is 4.79 Å². The summed E-state index contributed by atoms with van der Waals surface area (Å²) >= 11 is 1.41. The maximum Gasteiger partial charge on any atom is 0.394 e. The van der Waals surface area contributed by atoms with Gasteiger partial charge in [-0.2, -0.15) is 0 Å². The van der Waals surface area contributed by atoms with Crippen LogP contribution >= 0.6 is 11.3 Å². The Hall–Kier alpha value is -3.40. The predicted molar refractivity (Wildman–Crippen MR) is 105 cm³/mol. The molecule has 10 heteroatoms. The Balaban J connectivity index is 1.89. The summed E-state index contributed by atoms with van der Waals surface area (Å²) in [6.45, 7) is 0.0756. The lowest BCUT2D eigenvalue weighted by Crippen LogP contribution is -2.54. The van der Waals surface area contributed by atoms with Gasteiger partial charge in [0, 0.05) is 17.1 Å². The quantitative estimate of drug-likeness (QED) is 0.638. The third-order valence-electron chi connectivity index (χ3n) is 4.66. The van der Waals surface area contributed by atoms with Crippen molar-refractivity contribution in [2.45, 2.75) is 25.0 Å². The lowest BCUT2D eigenvalue weighted by Gasteiger charge is -2.32. The standard InChI is InChI=1S/C19H19N3O6S/c23-16(18(26)27)21-9-8-14(15(21)17(24)25)22(11-13-7-4-10-29-13)19(28)20-12-5-2-1-3-6-12/h1-7,10,14-15H,8-9,11H2,(H,20,28)(H,24,25)(H,26,27). The number of carbonyl (C=O) groups excluding carboxylic acids is 2. The number of thiophene rings is 1. The van der Waals surface area contributed by atoms with Crippen molar-refractivity contribution in [1.82, 2.24) is 9.80 Å². The second kappa shape index (κ2) is 8.74. The van der Waals surface area contributed by atoms with Crippen LogP contribution in [0.4, 0.5) is 10.5 Å². The number of urea groups is 1. The average Bonchev–Trinajstić information content (AvgIpc) is 3.35. The number of anilines is 1. The van der Waals surface area contributed by atoms with E-state index in [2.05, 4.69) is 5.32 Å². The van der Waals surface area contributed by atoms with E-state index < -0.39 is 36.0 Å². The number of carboxylic acids is 2. The van der Waals surface area contributed by atoms with Gasteiger partial charge >= 0.3 is 23.9 Å². The van der Waals surface area contributed by atoms with Crippen molar-refractivity contribution in [3.63, 3.8) is 0 Å². The van der Waals surface area contributed by atoms with Crippen LogP contribution in [0, 0.1) is 0 Å². The van der Waals surface area contributed by atoms with E-state index >= 15 is 0 Å². The molecule has 0 radical (unpaired) electrons. The number of carboxylic acid groups (broad SMARTS) is 2. The molecule has 1 aliphatic rings. The van der Waals surface area contributed by atoms with E-state index in [1.165, 1.54) is 16.2 Å². The molecule has 2 unspecified atom stereocenters. The number of para-hydroxylation sites is 1. The van der Waals surface area contributed by atoms with Crippen molar-refractivity contribution in [3.8, 4) is 0 Å². The summed E-state index contributed by atoms with van der Waals surface area (Å²) in [6.07, 6.45) is 0.156. The van der Waals surface area contributed by atoms with E-state index in [0.717, 1.165) is 9.78 Å². The smallest absolute Gasteiger partial charge is 0.394 e. The number of likely N-dealkylation sites (tertiary alicyclic amines) is 1. The number of hydrogen-bond acceptors (Lipinski definition) is 5. The Morgan fingerprint density at radius 1 is 1.10 bits per heavy atom. The number of benzene rings is 1. The van der Waals surface area contributed by atoms with Crippen molar-refractivity contribution >= 4 is 40.9 Å². The van der Waals surface area contributed by atoms with Crippen LogP contribution in [0.3, 0.4) is 0 Å². The second-order valence-electron chi connectivity index (χ2n) is 6.45. The Labute approximate surface area is 170 Å². The highest BCUT2D eigenvalue weighted by atomic mass is 32.1. The zero-order chi connectivity index (χ0) is 21.0. The van der Waals surface area contributed by atoms with Crippen molar-refractivity contribution in [2.75, 3.05) is 11.9 Å². The van der Waals surface area contributed by atoms with Crippen LogP contribution in [-0.2, 0) is 20.9 Å². The van der Waals surface area contributed by atoms with E-state index in [0.29, 0.717) is 5.69 Å². The van der Waals surface area contributed by atoms with Gasteiger partial charge in [0.2, 0.25) is 0 Å². The molecule has 3 N–H and O–H groups in total. The Bertz CT molecular complexity index is 902. The van der Waals surface area contributed by atoms with Crippen LogP contribution in [0.25, 0.3) is 0 Å². The minimum atomic E-state index is -1.73. The number of hydrogen-bond donors (Lipinski definition) is 3. The first kappa shape index (κ1) is 20.3. The topological polar surface area (TPSA) is 127 Å². The third kappa shape index (κ3) is 4.54. The number of nitrogens with zero attached hydrogens (tertiary/aromatic N) is 2. The highest BCUT2D eigenvalue weighted by molar-refractivity contribution is 7.09. The summed E-state index contributed by atoms with van der Waals surface area (Å²) in [5.74, 6) is -4.37. The van der Waals surface area contributed by atoms with E-state index in [-0.39, 0.29) is 19.5 Å². The molecule has 152 valence electrons. The van der Waals surface area contributed by atoms with E-state index in [4.69, 9.17) is 5.11 Å². The molecule has 2 heterocycles. The van der Waals surface area contributed by atoms with Crippen LogP contribution in [0.1, 0.15) is 11.3 Å². The molecule has 3 amide bonds. The van der Waals surface area contributed by atoms with Gasteiger partial charge in [0.15, 0.2) is 6.04 Å². The fraction of sp³-hybridized carbons (Fsp3) is 0.263. The van der Waals surface area contributed by atoms with Crippen LogP contribution < -0.4 is 5.32 Å². The molecule has 1 aromatic carbocycles. The molecular weight excluding hydrogens is 398 g/mol. The fourth-order valence-electron chi connectivity index (χ4n) is 3.38. The van der Waals surface area contributed by atoms with Crippen LogP contribution in [0.5, 0.6) is 0 Å². The van der Waals surface area contributed by atoms with Crippen molar-refractivity contribution in [2.24, 2.45) is 0 Å². The first-order valence-corrected chi connectivity index (χ1v) is 9.68. The molecule has 0 bridgehead atoms. The van der Waals surface area contributed by atoms with Gasteiger partial charge in [0.05, 0.1) is 12.6 Å². The van der Waals surface area contributed by atoms with Crippen LogP contribution in [-0.4, -0.2) is 62.5 Å². The van der Waals surface area contributed by atoms with Gasteiger partial charge in [-0.1, -0.05) is 24.3 Å². The summed E-state index contributed by atoms with van der Waals surface area (Å²) in [6, 6.07) is 9.49. The average molecular weight is 417 g/mol. The van der Waals surface area contributed by atoms with Gasteiger partial charge in [0.25, 0.3) is 0 Å². The SMILES string of the molecule is O=C(O)C(=O)N1CCC(N(Cc2cccs2)C(=O)Nc2ccccc2)C1C(=O)O. The van der Waals surface area contributed by atoms with Gasteiger partial charge in [-0.25, -0.2) is 14.4 Å². The molecular formula is C19H19N3O6S. The fourth-order valence-corrected chi connectivity index (χ4v) is 4.08. The predicted octanol–water partition coefficient (Wildman–Crippen LogP) is 1.92. The van der Waals surface area contributed by atoms with E-state index in [9.17, 15) is 24.3 Å². The molecule has 2 aromatic rings. The first-order chi connectivity index (χ1) is 13.9. The van der Waals surface area contributed by atoms with Crippen LogP contribution in [0.15, 0.2) is 47.8 Å². The highest BCUT2D eigenvalue weighted by Crippen LogP contribution is 2.27. The molecule has 0 aliphatic carbocycles. The summed E-state index contributed by atoms with van der Waals surface area (Å²) in [5.41, 5.74) is 0.539. The molecule has 29 heavy (non-hydrogen) atoms. The maximum atomic E-state index is 13.0. The van der Waals surface area contributed by atoms with Gasteiger partial charge in [-0.05, 0) is 30.0 Å². The zero-order valence-corrected chi connectivity index (χ0v) is 16.0. The molecule has 9 nitrogen and oxygen atoms in total. The first-order valence-electron chi connectivity index (χ1n) is 8.80. The molecule has 1 fully saturated rings. The normalized spacial score (nSPS) is 18.3. The number of nitrogens with one attached hydrogen (secondary N) is 1. The molecule has 1 saturated heterocycles. The zero-order valence-electron chi connectivity index (χ0n) is 15.2. The Morgan fingerprint density at radius 2 is 1.83 bits per heavy atom. The third-order valence-corrected chi connectivity index (χ3v) is 5.52. The summed E-state index contributed by atoms with van der Waals surface area (Å²) in [5, 5.41) is 23.3. The molecule has 1 aliphatic heterocycles. The molecule has 3 rings (SSSR count). The lowest BCUT2D eigenvalue weighted by molar-refractivity contribution is -0.160.